The van der Waals surface area contributed by atoms with Crippen LogP contribution in [0.3, 0.4) is 0 Å². The first-order chi connectivity index (χ1) is 20.0. The number of benzene rings is 3. The number of amides is 2. The van der Waals surface area contributed by atoms with Gasteiger partial charge in [-0.2, -0.15) is 0 Å². The lowest BCUT2D eigenvalue weighted by Gasteiger charge is -2.35. The van der Waals surface area contributed by atoms with E-state index in [9.17, 15) is 24.0 Å². The number of nitrogens with zero attached hydrogens (tertiary/aromatic N) is 1. The molecule has 3 aromatic carbocycles. The van der Waals surface area contributed by atoms with Crippen LogP contribution in [-0.4, -0.2) is 36.0 Å². The Hall–Kier alpha value is -4.65. The maximum Gasteiger partial charge on any atom is 0.315 e. The first kappa shape index (κ1) is 28.9. The Morgan fingerprint density at radius 2 is 1.40 bits per heavy atom. The van der Waals surface area contributed by atoms with Gasteiger partial charge in [-0.05, 0) is 39.3 Å². The van der Waals surface area contributed by atoms with E-state index in [1.807, 2.05) is 32.9 Å². The van der Waals surface area contributed by atoms with Crippen molar-refractivity contribution in [2.45, 2.75) is 46.5 Å². The van der Waals surface area contributed by atoms with Crippen molar-refractivity contribution >= 4 is 35.0 Å². The molecule has 0 saturated heterocycles. The number of hydrogen-bond donors (Lipinski definition) is 0. The van der Waals surface area contributed by atoms with Crippen molar-refractivity contribution in [3.63, 3.8) is 0 Å². The van der Waals surface area contributed by atoms with Gasteiger partial charge in [0.15, 0.2) is 11.6 Å². The lowest BCUT2D eigenvalue weighted by molar-refractivity contribution is -0.152. The highest BCUT2D eigenvalue weighted by atomic mass is 16.5. The molecule has 0 saturated carbocycles. The number of aryl methyl sites for hydroxylation is 3. The summed E-state index contributed by atoms with van der Waals surface area (Å²) in [5.41, 5.74) is 2.69. The maximum absolute atomic E-state index is 14.6. The molecular weight excluding hydrogens is 530 g/mol. The van der Waals surface area contributed by atoms with Crippen LogP contribution in [0.1, 0.15) is 63.2 Å². The van der Waals surface area contributed by atoms with Crippen molar-refractivity contribution in [2.75, 3.05) is 11.5 Å². The van der Waals surface area contributed by atoms with Crippen LogP contribution in [0.5, 0.6) is 0 Å². The third kappa shape index (κ3) is 4.59. The number of imide groups is 1. The van der Waals surface area contributed by atoms with Gasteiger partial charge in [0.05, 0.1) is 12.3 Å². The maximum atomic E-state index is 14.6. The highest BCUT2D eigenvalue weighted by Crippen LogP contribution is 2.59. The first-order valence-electron chi connectivity index (χ1n) is 14.1. The normalized spacial score (nSPS) is 20.8. The minimum atomic E-state index is -1.73. The van der Waals surface area contributed by atoms with Crippen molar-refractivity contribution < 1.29 is 28.7 Å². The van der Waals surface area contributed by atoms with E-state index in [4.69, 9.17) is 4.74 Å². The summed E-state index contributed by atoms with van der Waals surface area (Å²) in [7, 11) is 0. The zero-order valence-electron chi connectivity index (χ0n) is 24.4. The van der Waals surface area contributed by atoms with Crippen LogP contribution in [0.25, 0.3) is 0 Å². The van der Waals surface area contributed by atoms with E-state index in [-0.39, 0.29) is 24.4 Å². The number of carbonyl (C=O) groups is 5. The Bertz CT molecular complexity index is 1650. The molecule has 1 aliphatic heterocycles. The summed E-state index contributed by atoms with van der Waals surface area (Å²) < 4.78 is 5.52. The van der Waals surface area contributed by atoms with E-state index < -0.39 is 40.8 Å². The molecule has 7 heteroatoms. The second-order valence-corrected chi connectivity index (χ2v) is 11.2. The van der Waals surface area contributed by atoms with Gasteiger partial charge in [-0.25, -0.2) is 4.90 Å². The molecule has 7 nitrogen and oxygen atoms in total. The highest BCUT2D eigenvalue weighted by Gasteiger charge is 2.67. The first-order valence-corrected chi connectivity index (χ1v) is 14.1. The summed E-state index contributed by atoms with van der Waals surface area (Å²) in [6.45, 7) is 8.63. The Morgan fingerprint density at radius 1 is 0.833 bits per heavy atom. The lowest BCUT2D eigenvalue weighted by Crippen LogP contribution is -2.52. The fourth-order valence-corrected chi connectivity index (χ4v) is 6.33. The number of carbonyl (C=O) groups excluding carboxylic acids is 5. The SMILES string of the molecule is CCOC(=O)C1C(C(=O)c2ccc(C)cc2)=C[C@@H](CC(=O)c2ccc(C)cc2)[C@@]12C(=O)N(C(C)=O)c1ccc(C)cc12. The van der Waals surface area contributed by atoms with Crippen LogP contribution < -0.4 is 4.90 Å². The van der Waals surface area contributed by atoms with Gasteiger partial charge in [0.1, 0.15) is 11.3 Å². The van der Waals surface area contributed by atoms with Crippen molar-refractivity contribution in [3.8, 4) is 0 Å². The molecular formula is C35H33NO6. The number of hydrogen-bond acceptors (Lipinski definition) is 6. The molecule has 1 aliphatic carbocycles. The molecule has 3 aromatic rings. The molecule has 2 amide bonds. The van der Waals surface area contributed by atoms with E-state index >= 15 is 0 Å². The molecule has 0 bridgehead atoms. The smallest absolute Gasteiger partial charge is 0.315 e. The molecule has 5 rings (SSSR count). The fraction of sp³-hybridized carbons (Fsp3) is 0.286. The van der Waals surface area contributed by atoms with Gasteiger partial charge in [-0.15, -0.1) is 0 Å². The molecule has 0 N–H and O–H groups in total. The van der Waals surface area contributed by atoms with Crippen LogP contribution in [0.15, 0.2) is 78.4 Å². The molecule has 214 valence electrons. The number of ketones is 2. The summed E-state index contributed by atoms with van der Waals surface area (Å²) in [6, 6.07) is 19.3. The Balaban J connectivity index is 1.76. The molecule has 2 aliphatic rings. The Kier molecular flexibility index (Phi) is 7.54. The van der Waals surface area contributed by atoms with E-state index in [1.165, 1.54) is 6.92 Å². The summed E-state index contributed by atoms with van der Waals surface area (Å²) in [4.78, 5) is 70.4. The average molecular weight is 564 g/mol. The molecule has 0 aromatic heterocycles. The predicted molar refractivity (Wildman–Crippen MR) is 158 cm³/mol. The number of rotatable bonds is 7. The molecule has 3 atom stereocenters. The van der Waals surface area contributed by atoms with Crippen molar-refractivity contribution in [2.24, 2.45) is 11.8 Å². The fourth-order valence-electron chi connectivity index (χ4n) is 6.33. The zero-order chi connectivity index (χ0) is 30.3. The van der Waals surface area contributed by atoms with Crippen molar-refractivity contribution in [1.29, 1.82) is 0 Å². The van der Waals surface area contributed by atoms with Gasteiger partial charge >= 0.3 is 5.97 Å². The Morgan fingerprint density at radius 3 is 1.98 bits per heavy atom. The van der Waals surface area contributed by atoms with Crippen LogP contribution in [0.4, 0.5) is 5.69 Å². The van der Waals surface area contributed by atoms with E-state index in [0.29, 0.717) is 22.4 Å². The summed E-state index contributed by atoms with van der Waals surface area (Å²) >= 11 is 0. The largest absolute Gasteiger partial charge is 0.465 e. The number of allylic oxidation sites excluding steroid dienone is 1. The standard InChI is InChI=1S/C35H33NO6/c1-6-42-33(40)31-27(32(39)25-14-9-21(3)10-15-25)18-26(19-30(38)24-12-7-20(2)8-13-24)35(31)28-17-22(4)11-16-29(28)36(23(5)37)34(35)41/h7-18,26,31H,6,19H2,1-5H3/t26-,31?,35-/m0/s1. The number of anilines is 1. The van der Waals surface area contributed by atoms with Gasteiger partial charge in [0.25, 0.3) is 0 Å². The van der Waals surface area contributed by atoms with Crippen LogP contribution >= 0.6 is 0 Å². The van der Waals surface area contributed by atoms with Gasteiger partial charge in [-0.1, -0.05) is 83.4 Å². The van der Waals surface area contributed by atoms with Gasteiger partial charge in [-0.3, -0.25) is 24.0 Å². The molecule has 1 unspecified atom stereocenters. The van der Waals surface area contributed by atoms with Gasteiger partial charge in [0, 0.05) is 36.0 Å². The third-order valence-corrected chi connectivity index (χ3v) is 8.32. The summed E-state index contributed by atoms with van der Waals surface area (Å²) in [5.74, 6) is -4.85. The molecule has 0 fully saturated rings. The number of Topliss-reactive ketones (excluding diaryl/α,β-unsaturated/α-hetero) is 2. The number of ether oxygens (including phenoxy) is 1. The minimum absolute atomic E-state index is 0.0235. The molecule has 1 spiro atoms. The lowest BCUT2D eigenvalue weighted by atomic mass is 9.64. The van der Waals surface area contributed by atoms with Gasteiger partial charge < -0.3 is 4.74 Å². The minimum Gasteiger partial charge on any atom is -0.465 e. The Labute approximate surface area is 245 Å². The molecule has 0 radical (unpaired) electrons. The number of fused-ring (bicyclic) bond motifs is 2. The van der Waals surface area contributed by atoms with E-state index in [1.54, 1.807) is 67.6 Å². The second-order valence-electron chi connectivity index (χ2n) is 11.2. The predicted octanol–water partition coefficient (Wildman–Crippen LogP) is 5.63. The average Bonchev–Trinajstić information content (AvgIpc) is 3.42. The van der Waals surface area contributed by atoms with Crippen molar-refractivity contribution in [1.82, 2.24) is 0 Å². The molecule has 42 heavy (non-hydrogen) atoms. The second kappa shape index (κ2) is 11.0. The van der Waals surface area contributed by atoms with Crippen LogP contribution in [-0.2, 0) is 24.5 Å². The number of esters is 1. The summed E-state index contributed by atoms with van der Waals surface area (Å²) in [6.07, 6.45) is 1.44. The highest BCUT2D eigenvalue weighted by molar-refractivity contribution is 6.26. The quantitative estimate of drug-likeness (QED) is 0.273. The topological polar surface area (TPSA) is 97.8 Å². The monoisotopic (exact) mass is 563 g/mol. The van der Waals surface area contributed by atoms with E-state index in [2.05, 4.69) is 0 Å². The third-order valence-electron chi connectivity index (χ3n) is 8.32. The van der Waals surface area contributed by atoms with E-state index in [0.717, 1.165) is 21.6 Å². The van der Waals surface area contributed by atoms with Crippen LogP contribution in [0, 0.1) is 32.6 Å². The van der Waals surface area contributed by atoms with Crippen LogP contribution in [0.2, 0.25) is 0 Å². The zero-order valence-corrected chi connectivity index (χ0v) is 24.4. The van der Waals surface area contributed by atoms with Gasteiger partial charge in [0.2, 0.25) is 11.8 Å². The molecule has 1 heterocycles. The summed E-state index contributed by atoms with van der Waals surface area (Å²) in [5, 5.41) is 0. The van der Waals surface area contributed by atoms with Crippen molar-refractivity contribution in [3.05, 3.63) is 112 Å².